The molecule has 0 saturated carbocycles. The molecule has 4 heteroatoms. The number of methoxy groups -OCH3 is 1. The Hall–Kier alpha value is -2.23. The Balaban J connectivity index is 2.31. The second-order valence-electron chi connectivity index (χ2n) is 3.68. The molecule has 0 spiro atoms. The predicted molar refractivity (Wildman–Crippen MR) is 68.3 cm³/mol. The van der Waals surface area contributed by atoms with E-state index in [0.29, 0.717) is 12.3 Å². The van der Waals surface area contributed by atoms with Crippen LogP contribution in [0.2, 0.25) is 0 Å². The van der Waals surface area contributed by atoms with Crippen LogP contribution in [0.1, 0.15) is 17.4 Å². The lowest BCUT2D eigenvalue weighted by Crippen LogP contribution is -2.08. The van der Waals surface area contributed by atoms with Crippen LogP contribution in [0.15, 0.2) is 42.6 Å². The molecule has 2 rings (SSSR count). The second-order valence-corrected chi connectivity index (χ2v) is 3.68. The fraction of sp³-hybridized carbons (Fsp3) is 0.214. The summed E-state index contributed by atoms with van der Waals surface area (Å²) in [6.07, 6.45) is 1.82. The van der Waals surface area contributed by atoms with Crippen molar-refractivity contribution >= 4 is 5.97 Å². The lowest BCUT2D eigenvalue weighted by atomic mass is 10.3. The van der Waals surface area contributed by atoms with Crippen molar-refractivity contribution in [2.45, 2.75) is 6.92 Å². The van der Waals surface area contributed by atoms with Crippen LogP contribution >= 0.6 is 0 Å². The van der Waals surface area contributed by atoms with Gasteiger partial charge >= 0.3 is 5.97 Å². The standard InChI is InChI=1S/C14H15NO3/c1-3-18-12-8-6-11(7-9-12)15-10-4-5-13(15)14(16)17-2/h4-10H,3H2,1-2H3. The Morgan fingerprint density at radius 1 is 1.22 bits per heavy atom. The summed E-state index contributed by atoms with van der Waals surface area (Å²) in [6, 6.07) is 11.1. The number of carbonyl (C=O) groups is 1. The first-order chi connectivity index (χ1) is 8.76. The van der Waals surface area contributed by atoms with Crippen molar-refractivity contribution in [3.63, 3.8) is 0 Å². The molecule has 1 aromatic carbocycles. The van der Waals surface area contributed by atoms with Crippen LogP contribution in [0, 0.1) is 0 Å². The molecule has 4 nitrogen and oxygen atoms in total. The topological polar surface area (TPSA) is 40.5 Å². The third kappa shape index (κ3) is 2.37. The quantitative estimate of drug-likeness (QED) is 0.777. The fourth-order valence-electron chi connectivity index (χ4n) is 1.75. The SMILES string of the molecule is CCOc1ccc(-n2cccc2C(=O)OC)cc1. The van der Waals surface area contributed by atoms with Crippen molar-refractivity contribution < 1.29 is 14.3 Å². The van der Waals surface area contributed by atoms with E-state index in [2.05, 4.69) is 0 Å². The van der Waals surface area contributed by atoms with E-state index in [-0.39, 0.29) is 5.97 Å². The highest BCUT2D eigenvalue weighted by atomic mass is 16.5. The lowest BCUT2D eigenvalue weighted by Gasteiger charge is -2.09. The third-order valence-corrected chi connectivity index (χ3v) is 2.57. The van der Waals surface area contributed by atoms with Gasteiger partial charge in [-0.2, -0.15) is 0 Å². The number of nitrogens with zero attached hydrogens (tertiary/aromatic N) is 1. The van der Waals surface area contributed by atoms with Crippen molar-refractivity contribution in [2.75, 3.05) is 13.7 Å². The number of carbonyl (C=O) groups excluding carboxylic acids is 1. The van der Waals surface area contributed by atoms with Gasteiger partial charge in [-0.1, -0.05) is 0 Å². The van der Waals surface area contributed by atoms with E-state index in [1.54, 1.807) is 10.6 Å². The molecule has 0 amide bonds. The van der Waals surface area contributed by atoms with Crippen molar-refractivity contribution in [3.8, 4) is 11.4 Å². The van der Waals surface area contributed by atoms with Gasteiger partial charge in [0.2, 0.25) is 0 Å². The molecule has 0 radical (unpaired) electrons. The van der Waals surface area contributed by atoms with Gasteiger partial charge < -0.3 is 14.0 Å². The molecule has 0 aliphatic heterocycles. The van der Waals surface area contributed by atoms with Crippen LogP contribution in [-0.4, -0.2) is 24.3 Å². The van der Waals surface area contributed by atoms with E-state index in [9.17, 15) is 4.79 Å². The van der Waals surface area contributed by atoms with E-state index in [0.717, 1.165) is 11.4 Å². The zero-order chi connectivity index (χ0) is 13.0. The molecule has 1 aromatic heterocycles. The van der Waals surface area contributed by atoms with Crippen LogP contribution in [0.3, 0.4) is 0 Å². The molecule has 0 fully saturated rings. The lowest BCUT2D eigenvalue weighted by molar-refractivity contribution is 0.0591. The molecule has 0 aliphatic rings. The van der Waals surface area contributed by atoms with Crippen molar-refractivity contribution in [3.05, 3.63) is 48.3 Å². The number of hydrogen-bond acceptors (Lipinski definition) is 3. The number of benzene rings is 1. The van der Waals surface area contributed by atoms with Gasteiger partial charge in [-0.05, 0) is 43.3 Å². The van der Waals surface area contributed by atoms with Gasteiger partial charge in [-0.3, -0.25) is 0 Å². The number of hydrogen-bond donors (Lipinski definition) is 0. The summed E-state index contributed by atoms with van der Waals surface area (Å²) in [4.78, 5) is 11.6. The molecule has 1 heterocycles. The normalized spacial score (nSPS) is 10.1. The van der Waals surface area contributed by atoms with Crippen molar-refractivity contribution in [2.24, 2.45) is 0 Å². The highest BCUT2D eigenvalue weighted by molar-refractivity contribution is 5.88. The first kappa shape index (κ1) is 12.2. The van der Waals surface area contributed by atoms with Crippen LogP contribution in [0.5, 0.6) is 5.75 Å². The molecular weight excluding hydrogens is 230 g/mol. The van der Waals surface area contributed by atoms with Gasteiger partial charge in [0, 0.05) is 11.9 Å². The molecule has 0 bridgehead atoms. The predicted octanol–water partition coefficient (Wildman–Crippen LogP) is 2.66. The van der Waals surface area contributed by atoms with Gasteiger partial charge in [-0.25, -0.2) is 4.79 Å². The summed E-state index contributed by atoms with van der Waals surface area (Å²) in [6.45, 7) is 2.57. The zero-order valence-corrected chi connectivity index (χ0v) is 10.4. The van der Waals surface area contributed by atoms with E-state index < -0.39 is 0 Å². The molecule has 0 N–H and O–H groups in total. The van der Waals surface area contributed by atoms with Crippen molar-refractivity contribution in [1.29, 1.82) is 0 Å². The van der Waals surface area contributed by atoms with E-state index in [1.165, 1.54) is 7.11 Å². The fourth-order valence-corrected chi connectivity index (χ4v) is 1.75. The minimum atomic E-state index is -0.353. The highest BCUT2D eigenvalue weighted by Crippen LogP contribution is 2.18. The molecule has 2 aromatic rings. The van der Waals surface area contributed by atoms with Crippen LogP contribution < -0.4 is 4.74 Å². The first-order valence-electron chi connectivity index (χ1n) is 5.75. The Kier molecular flexibility index (Phi) is 3.67. The maximum Gasteiger partial charge on any atom is 0.355 e. The summed E-state index contributed by atoms with van der Waals surface area (Å²) in [7, 11) is 1.37. The molecule has 94 valence electrons. The van der Waals surface area contributed by atoms with Gasteiger partial charge in [0.1, 0.15) is 11.4 Å². The average Bonchev–Trinajstić information content (AvgIpc) is 2.88. The smallest absolute Gasteiger partial charge is 0.355 e. The average molecular weight is 245 g/mol. The van der Waals surface area contributed by atoms with Gasteiger partial charge in [0.25, 0.3) is 0 Å². The Bertz CT molecular complexity index is 528. The molecule has 0 aliphatic carbocycles. The Morgan fingerprint density at radius 3 is 2.56 bits per heavy atom. The van der Waals surface area contributed by atoms with E-state index >= 15 is 0 Å². The maximum absolute atomic E-state index is 11.6. The van der Waals surface area contributed by atoms with E-state index in [1.807, 2.05) is 43.5 Å². The molecular formula is C14H15NO3. The molecule has 0 unspecified atom stereocenters. The molecule has 0 saturated heterocycles. The van der Waals surface area contributed by atoms with Gasteiger partial charge in [0.15, 0.2) is 0 Å². The summed E-state index contributed by atoms with van der Waals surface area (Å²) in [5.41, 5.74) is 1.39. The minimum absolute atomic E-state index is 0.353. The van der Waals surface area contributed by atoms with Crippen LogP contribution in [0.4, 0.5) is 0 Å². The summed E-state index contributed by atoms with van der Waals surface area (Å²) >= 11 is 0. The van der Waals surface area contributed by atoms with Crippen LogP contribution in [-0.2, 0) is 4.74 Å². The summed E-state index contributed by atoms with van der Waals surface area (Å²) in [5.74, 6) is 0.460. The molecule has 18 heavy (non-hydrogen) atoms. The largest absolute Gasteiger partial charge is 0.494 e. The highest BCUT2D eigenvalue weighted by Gasteiger charge is 2.11. The number of rotatable bonds is 4. The van der Waals surface area contributed by atoms with E-state index in [4.69, 9.17) is 9.47 Å². The van der Waals surface area contributed by atoms with Crippen LogP contribution in [0.25, 0.3) is 5.69 Å². The Morgan fingerprint density at radius 2 is 1.94 bits per heavy atom. The third-order valence-electron chi connectivity index (χ3n) is 2.57. The Labute approximate surface area is 106 Å². The number of esters is 1. The van der Waals surface area contributed by atoms with Gasteiger partial charge in [0.05, 0.1) is 13.7 Å². The number of aromatic nitrogens is 1. The van der Waals surface area contributed by atoms with Gasteiger partial charge in [-0.15, -0.1) is 0 Å². The first-order valence-corrected chi connectivity index (χ1v) is 5.75. The summed E-state index contributed by atoms with van der Waals surface area (Å²) < 4.78 is 11.9. The van der Waals surface area contributed by atoms with Crippen molar-refractivity contribution in [1.82, 2.24) is 4.57 Å². The summed E-state index contributed by atoms with van der Waals surface area (Å²) in [5, 5.41) is 0. The monoisotopic (exact) mass is 245 g/mol. The minimum Gasteiger partial charge on any atom is -0.494 e. The molecule has 0 atom stereocenters. The maximum atomic E-state index is 11.6. The number of ether oxygens (including phenoxy) is 2. The second kappa shape index (κ2) is 5.40. The zero-order valence-electron chi connectivity index (χ0n) is 10.4.